The van der Waals surface area contributed by atoms with E-state index in [2.05, 4.69) is 5.32 Å². The van der Waals surface area contributed by atoms with Gasteiger partial charge < -0.3 is 15.3 Å². The molecule has 0 spiro atoms. The van der Waals surface area contributed by atoms with Gasteiger partial charge in [-0.1, -0.05) is 13.3 Å². The third-order valence-electron chi connectivity index (χ3n) is 3.47. The molecule has 0 fully saturated rings. The number of carbonyl (C=O) groups is 3. The number of hydrogen-bond acceptors (Lipinski definition) is 5. The van der Waals surface area contributed by atoms with Gasteiger partial charge in [0.25, 0.3) is 5.91 Å². The standard InChI is InChI=1S/C16H22N2O6S/c1-4-5-13(16(21)22)17-15(20)11-6-8-12(9-7-11)25(23,24)10-14(19)18(2)3/h6-9,13H,4-5,10H2,1-3H3,(H,17,20)(H,21,22). The van der Waals surface area contributed by atoms with E-state index < -0.39 is 39.4 Å². The number of nitrogens with one attached hydrogen (secondary N) is 1. The minimum absolute atomic E-state index is 0.0809. The van der Waals surface area contributed by atoms with Crippen LogP contribution < -0.4 is 5.32 Å². The van der Waals surface area contributed by atoms with Gasteiger partial charge in [0.15, 0.2) is 9.84 Å². The number of carboxylic acid groups (broad SMARTS) is 1. The quantitative estimate of drug-likeness (QED) is 0.689. The Morgan fingerprint density at radius 3 is 2.16 bits per heavy atom. The third kappa shape index (κ3) is 5.86. The Balaban J connectivity index is 2.90. The van der Waals surface area contributed by atoms with Crippen LogP contribution in [0.3, 0.4) is 0 Å². The number of hydrogen-bond donors (Lipinski definition) is 2. The highest BCUT2D eigenvalue weighted by Crippen LogP contribution is 2.13. The first-order valence-electron chi connectivity index (χ1n) is 7.65. The molecule has 0 aliphatic rings. The van der Waals surface area contributed by atoms with Crippen molar-refractivity contribution in [1.29, 1.82) is 0 Å². The normalized spacial score (nSPS) is 12.3. The average Bonchev–Trinajstić information content (AvgIpc) is 2.53. The van der Waals surface area contributed by atoms with Crippen LogP contribution in [0.4, 0.5) is 0 Å². The van der Waals surface area contributed by atoms with Crippen LogP contribution in [0.25, 0.3) is 0 Å². The summed E-state index contributed by atoms with van der Waals surface area (Å²) in [4.78, 5) is 35.8. The molecule has 8 nitrogen and oxygen atoms in total. The number of nitrogens with zero attached hydrogens (tertiary/aromatic N) is 1. The lowest BCUT2D eigenvalue weighted by Crippen LogP contribution is -2.40. The molecular formula is C16H22N2O6S. The summed E-state index contributed by atoms with van der Waals surface area (Å²) in [7, 11) is -0.892. The molecule has 9 heteroatoms. The zero-order valence-electron chi connectivity index (χ0n) is 14.4. The third-order valence-corrected chi connectivity index (χ3v) is 5.09. The Labute approximate surface area is 146 Å². The topological polar surface area (TPSA) is 121 Å². The summed E-state index contributed by atoms with van der Waals surface area (Å²) >= 11 is 0. The van der Waals surface area contributed by atoms with Gasteiger partial charge in [0.05, 0.1) is 4.90 Å². The van der Waals surface area contributed by atoms with Gasteiger partial charge in [-0.15, -0.1) is 0 Å². The molecule has 2 N–H and O–H groups in total. The Hall–Kier alpha value is -2.42. The second-order valence-electron chi connectivity index (χ2n) is 5.72. The van der Waals surface area contributed by atoms with Crippen molar-refractivity contribution in [3.05, 3.63) is 29.8 Å². The molecule has 1 atom stereocenters. The molecule has 25 heavy (non-hydrogen) atoms. The fourth-order valence-corrected chi connectivity index (χ4v) is 3.28. The lowest BCUT2D eigenvalue weighted by molar-refractivity contribution is -0.139. The highest BCUT2D eigenvalue weighted by Gasteiger charge is 2.22. The molecule has 1 aromatic carbocycles. The first-order valence-corrected chi connectivity index (χ1v) is 9.30. The van der Waals surface area contributed by atoms with E-state index >= 15 is 0 Å². The van der Waals surface area contributed by atoms with Gasteiger partial charge in [-0.3, -0.25) is 9.59 Å². The molecule has 0 radical (unpaired) electrons. The Bertz CT molecular complexity index is 740. The predicted octanol–water partition coefficient (Wildman–Crippen LogP) is 0.532. The molecule has 0 aliphatic carbocycles. The second kappa shape index (κ2) is 8.61. The molecule has 2 amide bonds. The molecule has 0 bridgehead atoms. The zero-order valence-corrected chi connectivity index (χ0v) is 15.2. The summed E-state index contributed by atoms with van der Waals surface area (Å²) < 4.78 is 24.3. The van der Waals surface area contributed by atoms with Crippen LogP contribution in [0.5, 0.6) is 0 Å². The monoisotopic (exact) mass is 370 g/mol. The molecule has 1 aromatic rings. The van der Waals surface area contributed by atoms with E-state index in [4.69, 9.17) is 5.11 Å². The summed E-state index contributed by atoms with van der Waals surface area (Å²) in [6, 6.07) is 4.02. The lowest BCUT2D eigenvalue weighted by Gasteiger charge is -2.14. The zero-order chi connectivity index (χ0) is 19.2. The van der Waals surface area contributed by atoms with Gasteiger partial charge in [0.2, 0.25) is 5.91 Å². The van der Waals surface area contributed by atoms with Gasteiger partial charge in [-0.05, 0) is 30.7 Å². The van der Waals surface area contributed by atoms with Gasteiger partial charge in [0.1, 0.15) is 11.8 Å². The SMILES string of the molecule is CCCC(NC(=O)c1ccc(S(=O)(=O)CC(=O)N(C)C)cc1)C(=O)O. The summed E-state index contributed by atoms with van der Waals surface area (Å²) in [5.74, 6) is -2.94. The highest BCUT2D eigenvalue weighted by molar-refractivity contribution is 7.92. The van der Waals surface area contributed by atoms with Crippen molar-refractivity contribution < 1.29 is 27.9 Å². The van der Waals surface area contributed by atoms with Gasteiger partial charge in [-0.2, -0.15) is 0 Å². The van der Waals surface area contributed by atoms with Crippen molar-refractivity contribution in [2.45, 2.75) is 30.7 Å². The number of carbonyl (C=O) groups excluding carboxylic acids is 2. The summed E-state index contributed by atoms with van der Waals surface area (Å²) in [6.07, 6.45) is 0.883. The Kier molecular flexibility index (Phi) is 7.10. The second-order valence-corrected chi connectivity index (χ2v) is 7.71. The van der Waals surface area contributed by atoms with Gasteiger partial charge >= 0.3 is 5.97 Å². The van der Waals surface area contributed by atoms with E-state index in [1.165, 1.54) is 43.3 Å². The van der Waals surface area contributed by atoms with Crippen LogP contribution in [-0.2, 0) is 19.4 Å². The maximum atomic E-state index is 12.2. The molecular weight excluding hydrogens is 348 g/mol. The minimum Gasteiger partial charge on any atom is -0.480 e. The van der Waals surface area contributed by atoms with E-state index in [1.807, 2.05) is 0 Å². The number of amides is 2. The molecule has 1 unspecified atom stereocenters. The fraction of sp³-hybridized carbons (Fsp3) is 0.438. The molecule has 0 saturated heterocycles. The fourth-order valence-electron chi connectivity index (χ4n) is 1.98. The van der Waals surface area contributed by atoms with Crippen molar-refractivity contribution in [3.8, 4) is 0 Å². The Morgan fingerprint density at radius 1 is 1.16 bits per heavy atom. The summed E-state index contributed by atoms with van der Waals surface area (Å²) in [6.45, 7) is 1.80. The largest absolute Gasteiger partial charge is 0.480 e. The van der Waals surface area contributed by atoms with Crippen LogP contribution in [0.15, 0.2) is 29.2 Å². The molecule has 1 rings (SSSR count). The van der Waals surface area contributed by atoms with Crippen molar-refractivity contribution in [2.24, 2.45) is 0 Å². The van der Waals surface area contributed by atoms with Crippen LogP contribution in [0.2, 0.25) is 0 Å². The van der Waals surface area contributed by atoms with E-state index in [-0.39, 0.29) is 10.5 Å². The number of aliphatic carboxylic acids is 1. The number of rotatable bonds is 8. The molecule has 0 aromatic heterocycles. The highest BCUT2D eigenvalue weighted by atomic mass is 32.2. The first kappa shape index (κ1) is 20.6. The minimum atomic E-state index is -3.81. The number of carboxylic acids is 1. The lowest BCUT2D eigenvalue weighted by atomic mass is 10.1. The van der Waals surface area contributed by atoms with Crippen molar-refractivity contribution in [1.82, 2.24) is 10.2 Å². The van der Waals surface area contributed by atoms with Gasteiger partial charge in [0, 0.05) is 19.7 Å². The molecule has 0 heterocycles. The molecule has 0 saturated carbocycles. The van der Waals surface area contributed by atoms with E-state index in [9.17, 15) is 22.8 Å². The van der Waals surface area contributed by atoms with Crippen LogP contribution in [0.1, 0.15) is 30.1 Å². The van der Waals surface area contributed by atoms with Crippen LogP contribution >= 0.6 is 0 Å². The average molecular weight is 370 g/mol. The van der Waals surface area contributed by atoms with E-state index in [1.54, 1.807) is 6.92 Å². The summed E-state index contributed by atoms with van der Waals surface area (Å²) in [5.41, 5.74) is 0.139. The van der Waals surface area contributed by atoms with Crippen molar-refractivity contribution >= 4 is 27.6 Å². The maximum absolute atomic E-state index is 12.2. The number of sulfone groups is 1. The maximum Gasteiger partial charge on any atom is 0.326 e. The predicted molar refractivity (Wildman–Crippen MR) is 91.0 cm³/mol. The Morgan fingerprint density at radius 2 is 1.72 bits per heavy atom. The number of benzene rings is 1. The molecule has 0 aliphatic heterocycles. The van der Waals surface area contributed by atoms with E-state index in [0.717, 1.165) is 0 Å². The van der Waals surface area contributed by atoms with E-state index in [0.29, 0.717) is 12.8 Å². The van der Waals surface area contributed by atoms with Crippen molar-refractivity contribution in [2.75, 3.05) is 19.8 Å². The first-order chi connectivity index (χ1) is 11.6. The smallest absolute Gasteiger partial charge is 0.326 e. The van der Waals surface area contributed by atoms with Crippen LogP contribution in [0, 0.1) is 0 Å². The van der Waals surface area contributed by atoms with Crippen LogP contribution in [-0.4, -0.2) is 62.1 Å². The van der Waals surface area contributed by atoms with Gasteiger partial charge in [-0.25, -0.2) is 13.2 Å². The summed E-state index contributed by atoms with van der Waals surface area (Å²) in [5, 5.41) is 11.4. The molecule has 138 valence electrons. The van der Waals surface area contributed by atoms with Crippen molar-refractivity contribution in [3.63, 3.8) is 0 Å².